The van der Waals surface area contributed by atoms with E-state index in [1.54, 1.807) is 23.8 Å². The minimum absolute atomic E-state index is 0.106. The molecule has 2 aliphatic heterocycles. The topological polar surface area (TPSA) is 103 Å². The van der Waals surface area contributed by atoms with Crippen LogP contribution in [-0.2, 0) is 9.59 Å². The fourth-order valence-electron chi connectivity index (χ4n) is 4.70. The Balaban J connectivity index is 1.91. The molecule has 5 atom stereocenters. The second-order valence-corrected chi connectivity index (χ2v) is 10.1. The Morgan fingerprint density at radius 3 is 2.37 bits per heavy atom. The molecule has 2 heterocycles. The molecule has 194 valence electrons. The Kier molecular flexibility index (Phi) is 7.88. The highest BCUT2D eigenvalue weighted by Gasteiger charge is 2.54. The number of likely N-dealkylation sites (tertiary alicyclic amines) is 2. The van der Waals surface area contributed by atoms with Crippen LogP contribution in [0.3, 0.4) is 0 Å². The smallest absolute Gasteiger partial charge is 0.317 e. The van der Waals surface area contributed by atoms with E-state index in [1.165, 1.54) is 13.1 Å². The quantitative estimate of drug-likeness (QED) is 0.555. The van der Waals surface area contributed by atoms with Gasteiger partial charge in [-0.05, 0) is 37.9 Å². The fourth-order valence-corrected chi connectivity index (χ4v) is 4.70. The summed E-state index contributed by atoms with van der Waals surface area (Å²) in [5.41, 5.74) is -0.589. The number of urea groups is 1. The lowest BCUT2D eigenvalue weighted by atomic mass is 9.85. The largest absolute Gasteiger partial charge is 0.486 e. The molecule has 1 aromatic carbocycles. The molecule has 2 saturated heterocycles. The first kappa shape index (κ1) is 26.7. The van der Waals surface area contributed by atoms with Crippen LogP contribution in [0.1, 0.15) is 34.1 Å². The average Bonchev–Trinajstić information content (AvgIpc) is 3.38. The van der Waals surface area contributed by atoms with E-state index in [0.717, 1.165) is 12.1 Å². The first-order chi connectivity index (χ1) is 16.4. The van der Waals surface area contributed by atoms with Crippen molar-refractivity contribution >= 4 is 17.8 Å². The van der Waals surface area contributed by atoms with Gasteiger partial charge in [0.05, 0.1) is 24.7 Å². The van der Waals surface area contributed by atoms with E-state index >= 15 is 0 Å². The molecule has 0 aromatic heterocycles. The maximum atomic E-state index is 13.8. The van der Waals surface area contributed by atoms with E-state index in [2.05, 4.69) is 16.0 Å². The second-order valence-electron chi connectivity index (χ2n) is 10.1. The lowest BCUT2D eigenvalue weighted by Gasteiger charge is -2.37. The van der Waals surface area contributed by atoms with Gasteiger partial charge in [0.2, 0.25) is 11.8 Å². The number of nitrogens with zero attached hydrogens (tertiary/aromatic N) is 2. The number of halogens is 2. The molecule has 2 fully saturated rings. The van der Waals surface area contributed by atoms with Gasteiger partial charge in [0, 0.05) is 19.7 Å². The van der Waals surface area contributed by atoms with Crippen LogP contribution in [-0.4, -0.2) is 85.1 Å². The molecular formula is C24H35F2N5O4. The maximum Gasteiger partial charge on any atom is 0.317 e. The molecule has 0 bridgehead atoms. The summed E-state index contributed by atoms with van der Waals surface area (Å²) in [7, 11) is 3.18. The van der Waals surface area contributed by atoms with Gasteiger partial charge in [0.25, 0.3) is 0 Å². The van der Waals surface area contributed by atoms with Gasteiger partial charge < -0.3 is 30.5 Å². The van der Waals surface area contributed by atoms with Crippen LogP contribution < -0.4 is 20.7 Å². The Morgan fingerprint density at radius 1 is 1.11 bits per heavy atom. The van der Waals surface area contributed by atoms with Crippen molar-refractivity contribution in [2.24, 2.45) is 5.41 Å². The zero-order valence-electron chi connectivity index (χ0n) is 21.0. The lowest BCUT2D eigenvalue weighted by molar-refractivity contribution is -0.141. The lowest BCUT2D eigenvalue weighted by Crippen LogP contribution is -2.59. The number of carbonyl (C=O) groups is 3. The summed E-state index contributed by atoms with van der Waals surface area (Å²) in [4.78, 5) is 42.3. The van der Waals surface area contributed by atoms with Gasteiger partial charge in [0.1, 0.15) is 17.9 Å². The molecule has 35 heavy (non-hydrogen) atoms. The third kappa shape index (κ3) is 5.50. The standard InChI is InChI=1S/C24H35F2N5O4/c1-13(27-5)21(32)29-20(24(2,3)4)22(33)30-10-9-17-19(30)18(12-31(17)23(34)28-6)35-14-7-8-15(25)16(26)11-14/h7-8,11,13,17-20,27H,9-10,12H2,1-6H3,(H,28,34)(H,29,32)/t13-,17+,18-,19-,20?/m0/s1. The predicted octanol–water partition coefficient (Wildman–Crippen LogP) is 1.48. The molecule has 9 nitrogen and oxygen atoms in total. The Hall–Kier alpha value is -2.95. The summed E-state index contributed by atoms with van der Waals surface area (Å²) in [6, 6.07) is 0.785. The molecule has 1 aromatic rings. The van der Waals surface area contributed by atoms with Crippen molar-refractivity contribution in [3.05, 3.63) is 29.8 Å². The van der Waals surface area contributed by atoms with Gasteiger partial charge in [-0.2, -0.15) is 0 Å². The molecule has 1 unspecified atom stereocenters. The van der Waals surface area contributed by atoms with Gasteiger partial charge in [-0.3, -0.25) is 9.59 Å². The third-order valence-electron chi connectivity index (χ3n) is 6.74. The average molecular weight is 496 g/mol. The van der Waals surface area contributed by atoms with Gasteiger partial charge in [-0.1, -0.05) is 20.8 Å². The molecule has 0 saturated carbocycles. The number of nitrogens with one attached hydrogen (secondary N) is 3. The summed E-state index contributed by atoms with van der Waals surface area (Å²) >= 11 is 0. The number of hydrogen-bond donors (Lipinski definition) is 3. The first-order valence-electron chi connectivity index (χ1n) is 11.8. The first-order valence-corrected chi connectivity index (χ1v) is 11.8. The van der Waals surface area contributed by atoms with Crippen LogP contribution in [0.2, 0.25) is 0 Å². The highest BCUT2D eigenvalue weighted by Crippen LogP contribution is 2.36. The van der Waals surface area contributed by atoms with Gasteiger partial charge in [-0.15, -0.1) is 0 Å². The van der Waals surface area contributed by atoms with Crippen molar-refractivity contribution < 1.29 is 27.9 Å². The Bertz CT molecular complexity index is 970. The highest BCUT2D eigenvalue weighted by atomic mass is 19.2. The number of amides is 4. The van der Waals surface area contributed by atoms with Crippen LogP contribution in [0, 0.1) is 17.0 Å². The van der Waals surface area contributed by atoms with Gasteiger partial charge in [0.15, 0.2) is 11.6 Å². The zero-order valence-corrected chi connectivity index (χ0v) is 21.0. The summed E-state index contributed by atoms with van der Waals surface area (Å²) in [5, 5.41) is 8.35. The van der Waals surface area contributed by atoms with Gasteiger partial charge >= 0.3 is 6.03 Å². The van der Waals surface area contributed by atoms with E-state index in [-0.39, 0.29) is 36.2 Å². The number of benzene rings is 1. The summed E-state index contributed by atoms with van der Waals surface area (Å²) in [6.45, 7) is 7.84. The number of fused-ring (bicyclic) bond motifs is 1. The van der Waals surface area contributed by atoms with Crippen LogP contribution >= 0.6 is 0 Å². The Morgan fingerprint density at radius 2 is 1.80 bits per heavy atom. The van der Waals surface area contributed by atoms with Crippen molar-refractivity contribution in [1.82, 2.24) is 25.8 Å². The third-order valence-corrected chi connectivity index (χ3v) is 6.74. The molecule has 0 aliphatic carbocycles. The number of carbonyl (C=O) groups excluding carboxylic acids is 3. The summed E-state index contributed by atoms with van der Waals surface area (Å²) in [6.07, 6.45) is -0.139. The van der Waals surface area contributed by atoms with E-state index in [0.29, 0.717) is 13.0 Å². The Labute approximate surface area is 204 Å². The minimum atomic E-state index is -1.05. The van der Waals surface area contributed by atoms with Crippen molar-refractivity contribution in [2.75, 3.05) is 27.2 Å². The summed E-state index contributed by atoms with van der Waals surface area (Å²) in [5.74, 6) is -2.52. The molecule has 11 heteroatoms. The molecule has 0 spiro atoms. The fraction of sp³-hybridized carbons (Fsp3) is 0.625. The second kappa shape index (κ2) is 10.3. The van der Waals surface area contributed by atoms with E-state index in [4.69, 9.17) is 4.74 Å². The van der Waals surface area contributed by atoms with Crippen molar-refractivity contribution in [3.63, 3.8) is 0 Å². The SMILES string of the molecule is CNC(=O)N1C[C@H](Oc2ccc(F)c(F)c2)[C@@H]2[C@H]1CCN2C(=O)C(NC(=O)[C@H](C)NC)C(C)(C)C. The maximum absolute atomic E-state index is 13.8. The van der Waals surface area contributed by atoms with Crippen LogP contribution in [0.4, 0.5) is 13.6 Å². The predicted molar refractivity (Wildman–Crippen MR) is 126 cm³/mol. The molecule has 2 aliphatic rings. The van der Waals surface area contributed by atoms with E-state index in [1.807, 2.05) is 20.8 Å². The molecular weight excluding hydrogens is 460 g/mol. The van der Waals surface area contributed by atoms with Gasteiger partial charge in [-0.25, -0.2) is 13.6 Å². The molecule has 3 rings (SSSR count). The normalized spacial score (nSPS) is 23.5. The van der Waals surface area contributed by atoms with Crippen LogP contribution in [0.25, 0.3) is 0 Å². The zero-order chi connectivity index (χ0) is 26.1. The highest BCUT2D eigenvalue weighted by molar-refractivity contribution is 5.90. The number of rotatable bonds is 6. The van der Waals surface area contributed by atoms with E-state index < -0.39 is 41.3 Å². The van der Waals surface area contributed by atoms with Crippen molar-refractivity contribution in [2.45, 2.75) is 64.4 Å². The molecule has 4 amide bonds. The summed E-state index contributed by atoms with van der Waals surface area (Å²) < 4.78 is 33.2. The molecule has 0 radical (unpaired) electrons. The van der Waals surface area contributed by atoms with Crippen LogP contribution in [0.5, 0.6) is 5.75 Å². The van der Waals surface area contributed by atoms with Crippen molar-refractivity contribution in [1.29, 1.82) is 0 Å². The van der Waals surface area contributed by atoms with Crippen LogP contribution in [0.15, 0.2) is 18.2 Å². The minimum Gasteiger partial charge on any atom is -0.486 e. The molecule has 3 N–H and O–H groups in total. The number of likely N-dealkylation sites (N-methyl/N-ethyl adjacent to an activating group) is 1. The van der Waals surface area contributed by atoms with E-state index in [9.17, 15) is 23.2 Å². The van der Waals surface area contributed by atoms with Crippen molar-refractivity contribution in [3.8, 4) is 5.75 Å². The monoisotopic (exact) mass is 495 g/mol. The number of ether oxygens (including phenoxy) is 1. The number of hydrogen-bond acceptors (Lipinski definition) is 5.